The molecule has 1 aromatic carbocycles. The Labute approximate surface area is 165 Å². The number of hydrogen-bond acceptors (Lipinski definition) is 5. The number of benzene rings is 1. The van der Waals surface area contributed by atoms with Gasteiger partial charge in [0.15, 0.2) is 0 Å². The molecule has 0 fully saturated rings. The minimum atomic E-state index is -1.14. The number of carbonyl (C=O) groups is 3. The van der Waals surface area contributed by atoms with Crippen LogP contribution in [0.3, 0.4) is 0 Å². The van der Waals surface area contributed by atoms with Crippen LogP contribution in [0.4, 0.5) is 4.79 Å². The largest absolute Gasteiger partial charge is 0.480 e. The first-order chi connectivity index (χ1) is 13.4. The molecule has 1 aromatic rings. The van der Waals surface area contributed by atoms with Crippen LogP contribution in [0.25, 0.3) is 0 Å². The summed E-state index contributed by atoms with van der Waals surface area (Å²) in [4.78, 5) is 34.8. The van der Waals surface area contributed by atoms with Gasteiger partial charge in [-0.25, -0.2) is 9.59 Å². The van der Waals surface area contributed by atoms with E-state index in [9.17, 15) is 24.6 Å². The first-order valence-corrected chi connectivity index (χ1v) is 9.57. The molecule has 8 heteroatoms. The predicted octanol–water partition coefficient (Wildman–Crippen LogP) is 2.20. The highest BCUT2D eigenvalue weighted by Crippen LogP contribution is 2.06. The van der Waals surface area contributed by atoms with Crippen LogP contribution in [-0.4, -0.2) is 46.9 Å². The van der Waals surface area contributed by atoms with Crippen molar-refractivity contribution < 1.29 is 29.3 Å². The molecule has 2 amide bonds. The van der Waals surface area contributed by atoms with Crippen LogP contribution in [0, 0.1) is 0 Å². The molecule has 2 atom stereocenters. The van der Waals surface area contributed by atoms with Gasteiger partial charge in [0.25, 0.3) is 0 Å². The lowest BCUT2D eigenvalue weighted by molar-refractivity contribution is -0.142. The molecule has 28 heavy (non-hydrogen) atoms. The van der Waals surface area contributed by atoms with E-state index in [0.717, 1.165) is 24.8 Å². The average molecular weight is 394 g/mol. The van der Waals surface area contributed by atoms with Crippen LogP contribution in [0.5, 0.6) is 0 Å². The highest BCUT2D eigenvalue weighted by atomic mass is 16.5. The fraction of sp³-hybridized carbons (Fsp3) is 0.550. The van der Waals surface area contributed by atoms with Gasteiger partial charge in [0, 0.05) is 6.54 Å². The van der Waals surface area contributed by atoms with Crippen molar-refractivity contribution in [3.05, 3.63) is 35.9 Å². The van der Waals surface area contributed by atoms with Crippen LogP contribution >= 0.6 is 0 Å². The smallest absolute Gasteiger partial charge is 0.407 e. The van der Waals surface area contributed by atoms with Crippen molar-refractivity contribution in [3.8, 4) is 0 Å². The summed E-state index contributed by atoms with van der Waals surface area (Å²) >= 11 is 0. The second-order valence-electron chi connectivity index (χ2n) is 6.61. The Morgan fingerprint density at radius 2 is 1.82 bits per heavy atom. The van der Waals surface area contributed by atoms with Crippen molar-refractivity contribution in [2.24, 2.45) is 0 Å². The summed E-state index contributed by atoms with van der Waals surface area (Å²) in [5.74, 6) is -1.67. The lowest BCUT2D eigenvalue weighted by atomic mass is 10.1. The van der Waals surface area contributed by atoms with E-state index in [1.807, 2.05) is 30.3 Å². The Balaban J connectivity index is 2.26. The van der Waals surface area contributed by atoms with E-state index in [4.69, 9.17) is 4.74 Å². The first-order valence-electron chi connectivity index (χ1n) is 9.57. The van der Waals surface area contributed by atoms with Gasteiger partial charge < -0.3 is 25.6 Å². The molecule has 8 nitrogen and oxygen atoms in total. The molecule has 0 bridgehead atoms. The van der Waals surface area contributed by atoms with E-state index in [1.54, 1.807) is 0 Å². The Hall–Kier alpha value is -2.61. The summed E-state index contributed by atoms with van der Waals surface area (Å²) in [5.41, 5.74) is 0.830. The van der Waals surface area contributed by atoms with Gasteiger partial charge in [-0.15, -0.1) is 0 Å². The molecule has 0 aliphatic carbocycles. The number of hydrogen-bond donors (Lipinski definition) is 4. The van der Waals surface area contributed by atoms with Crippen molar-refractivity contribution in [2.45, 2.75) is 64.2 Å². The SMILES string of the molecule is CCCCCC[C@H](NC(=O)C[C@@H](O)CNC(=O)OCc1ccccc1)C(=O)O. The van der Waals surface area contributed by atoms with Gasteiger partial charge in [-0.3, -0.25) is 4.79 Å². The number of alkyl carbamates (subject to hydrolysis) is 1. The molecule has 0 unspecified atom stereocenters. The quantitative estimate of drug-likeness (QED) is 0.380. The van der Waals surface area contributed by atoms with Crippen molar-refractivity contribution in [1.29, 1.82) is 0 Å². The minimum absolute atomic E-state index is 0.0988. The molecule has 0 radical (unpaired) electrons. The number of carboxylic acids is 1. The Kier molecular flexibility index (Phi) is 11.3. The second kappa shape index (κ2) is 13.5. The number of aliphatic hydroxyl groups is 1. The number of ether oxygens (including phenoxy) is 1. The molecule has 0 aromatic heterocycles. The van der Waals surface area contributed by atoms with Gasteiger partial charge in [0.2, 0.25) is 5.91 Å². The summed E-state index contributed by atoms with van der Waals surface area (Å²) in [5, 5.41) is 23.9. The van der Waals surface area contributed by atoms with Gasteiger partial charge in [-0.1, -0.05) is 62.9 Å². The number of carbonyl (C=O) groups excluding carboxylic acids is 2. The molecule has 0 aliphatic heterocycles. The summed E-state index contributed by atoms with van der Waals surface area (Å²) in [6.07, 6.45) is 1.87. The number of amides is 2. The molecule has 0 heterocycles. The Morgan fingerprint density at radius 1 is 1.11 bits per heavy atom. The first kappa shape index (κ1) is 23.4. The topological polar surface area (TPSA) is 125 Å². The second-order valence-corrected chi connectivity index (χ2v) is 6.61. The van der Waals surface area contributed by atoms with Crippen LogP contribution in [0.1, 0.15) is 51.0 Å². The van der Waals surface area contributed by atoms with Crippen molar-refractivity contribution in [2.75, 3.05) is 6.54 Å². The highest BCUT2D eigenvalue weighted by Gasteiger charge is 2.21. The predicted molar refractivity (Wildman–Crippen MR) is 104 cm³/mol. The lowest BCUT2D eigenvalue weighted by Gasteiger charge is -2.16. The van der Waals surface area contributed by atoms with E-state index < -0.39 is 30.1 Å². The number of carboxylic acid groups (broad SMARTS) is 1. The van der Waals surface area contributed by atoms with Crippen LogP contribution < -0.4 is 10.6 Å². The Morgan fingerprint density at radius 3 is 2.46 bits per heavy atom. The number of unbranched alkanes of at least 4 members (excludes halogenated alkanes) is 3. The Bertz CT molecular complexity index is 608. The van der Waals surface area contributed by atoms with Crippen LogP contribution in [0.2, 0.25) is 0 Å². The zero-order valence-electron chi connectivity index (χ0n) is 16.2. The molecule has 1 rings (SSSR count). The van der Waals surface area contributed by atoms with E-state index in [-0.39, 0.29) is 19.6 Å². The van der Waals surface area contributed by atoms with Gasteiger partial charge in [-0.2, -0.15) is 0 Å². The summed E-state index contributed by atoms with van der Waals surface area (Å²) < 4.78 is 5.00. The van der Waals surface area contributed by atoms with Gasteiger partial charge in [0.05, 0.1) is 12.5 Å². The normalized spacial score (nSPS) is 12.6. The summed E-state index contributed by atoms with van der Waals surface area (Å²) in [7, 11) is 0. The van der Waals surface area contributed by atoms with E-state index >= 15 is 0 Å². The average Bonchev–Trinajstić information content (AvgIpc) is 2.67. The van der Waals surface area contributed by atoms with Crippen molar-refractivity contribution >= 4 is 18.0 Å². The molecule has 156 valence electrons. The van der Waals surface area contributed by atoms with E-state index in [2.05, 4.69) is 17.6 Å². The standard InChI is InChI=1S/C20H30N2O6/c1-2-3-4-8-11-17(19(25)26)22-18(24)12-16(23)13-21-20(27)28-14-15-9-6-5-7-10-15/h5-7,9-10,16-17,23H,2-4,8,11-14H2,1H3,(H,21,27)(H,22,24)(H,25,26)/t16-,17+/m1/s1. The van der Waals surface area contributed by atoms with E-state index in [0.29, 0.717) is 12.8 Å². The third-order valence-electron chi connectivity index (χ3n) is 4.10. The molecular formula is C20H30N2O6. The molecule has 0 saturated carbocycles. The molecular weight excluding hydrogens is 364 g/mol. The fourth-order valence-corrected chi connectivity index (χ4v) is 2.55. The van der Waals surface area contributed by atoms with Gasteiger partial charge >= 0.3 is 12.1 Å². The minimum Gasteiger partial charge on any atom is -0.480 e. The van der Waals surface area contributed by atoms with Crippen LogP contribution in [-0.2, 0) is 20.9 Å². The molecule has 4 N–H and O–H groups in total. The molecule has 0 saturated heterocycles. The number of nitrogens with one attached hydrogen (secondary N) is 2. The number of rotatable bonds is 13. The zero-order valence-corrected chi connectivity index (χ0v) is 16.2. The van der Waals surface area contributed by atoms with Gasteiger partial charge in [0.1, 0.15) is 12.6 Å². The number of aliphatic hydroxyl groups excluding tert-OH is 1. The maximum absolute atomic E-state index is 11.9. The fourth-order valence-electron chi connectivity index (χ4n) is 2.55. The molecule has 0 spiro atoms. The zero-order chi connectivity index (χ0) is 20.8. The van der Waals surface area contributed by atoms with E-state index in [1.165, 1.54) is 0 Å². The third kappa shape index (κ3) is 10.5. The lowest BCUT2D eigenvalue weighted by Crippen LogP contribution is -2.43. The number of aliphatic carboxylic acids is 1. The third-order valence-corrected chi connectivity index (χ3v) is 4.10. The summed E-state index contributed by atoms with van der Waals surface area (Å²) in [6, 6.07) is 8.16. The van der Waals surface area contributed by atoms with Crippen molar-refractivity contribution in [3.63, 3.8) is 0 Å². The summed E-state index contributed by atoms with van der Waals surface area (Å²) in [6.45, 7) is 1.99. The molecule has 0 aliphatic rings. The maximum atomic E-state index is 11.9. The van der Waals surface area contributed by atoms with Crippen molar-refractivity contribution in [1.82, 2.24) is 10.6 Å². The van der Waals surface area contributed by atoms with Crippen LogP contribution in [0.15, 0.2) is 30.3 Å². The monoisotopic (exact) mass is 394 g/mol. The van der Waals surface area contributed by atoms with Gasteiger partial charge in [-0.05, 0) is 12.0 Å². The highest BCUT2D eigenvalue weighted by molar-refractivity contribution is 5.83. The maximum Gasteiger partial charge on any atom is 0.407 e.